The first-order valence-corrected chi connectivity index (χ1v) is 7.17. The number of ketones is 1. The van der Waals surface area contributed by atoms with Crippen molar-refractivity contribution in [1.82, 2.24) is 0 Å². The van der Waals surface area contributed by atoms with Gasteiger partial charge in [-0.25, -0.2) is 4.39 Å². The highest BCUT2D eigenvalue weighted by Gasteiger charge is 2.15. The van der Waals surface area contributed by atoms with Crippen molar-refractivity contribution < 1.29 is 23.4 Å². The predicted octanol–water partition coefficient (Wildman–Crippen LogP) is 3.87. The molecule has 0 saturated carbocycles. The molecule has 4 nitrogen and oxygen atoms in total. The van der Waals surface area contributed by atoms with Gasteiger partial charge in [0, 0.05) is 6.07 Å². The lowest BCUT2D eigenvalue weighted by Gasteiger charge is -2.11. The first-order valence-electron chi connectivity index (χ1n) is 6.38. The lowest BCUT2D eigenvalue weighted by Crippen LogP contribution is -2.13. The summed E-state index contributed by atoms with van der Waals surface area (Å²) in [7, 11) is 3.01. The molecule has 0 N–H and O–H groups in total. The van der Waals surface area contributed by atoms with Crippen molar-refractivity contribution in [3.05, 3.63) is 52.3 Å². The Labute approximate surface area is 135 Å². The number of carbonyl (C=O) groups is 1. The van der Waals surface area contributed by atoms with E-state index in [1.165, 1.54) is 32.4 Å². The van der Waals surface area contributed by atoms with E-state index < -0.39 is 0 Å². The van der Waals surface area contributed by atoms with Crippen molar-refractivity contribution in [2.24, 2.45) is 0 Å². The van der Waals surface area contributed by atoms with E-state index in [4.69, 9.17) is 14.2 Å². The summed E-state index contributed by atoms with van der Waals surface area (Å²) in [4.78, 5) is 12.2. The van der Waals surface area contributed by atoms with Gasteiger partial charge in [0.1, 0.15) is 23.1 Å². The summed E-state index contributed by atoms with van der Waals surface area (Å²) in [6.07, 6.45) is 0. The van der Waals surface area contributed by atoms with Crippen LogP contribution < -0.4 is 14.2 Å². The van der Waals surface area contributed by atoms with Crippen molar-refractivity contribution in [3.63, 3.8) is 0 Å². The van der Waals surface area contributed by atoms with E-state index in [0.717, 1.165) is 0 Å². The van der Waals surface area contributed by atoms with Gasteiger partial charge in [0.05, 0.1) is 24.3 Å². The van der Waals surface area contributed by atoms with Crippen molar-refractivity contribution in [2.45, 2.75) is 0 Å². The van der Waals surface area contributed by atoms with E-state index in [9.17, 15) is 9.18 Å². The summed E-state index contributed by atoms with van der Waals surface area (Å²) in [5, 5.41) is 0. The Morgan fingerprint density at radius 3 is 2.50 bits per heavy atom. The second kappa shape index (κ2) is 7.26. The Balaban J connectivity index is 2.12. The van der Waals surface area contributed by atoms with Crippen LogP contribution >= 0.6 is 15.9 Å². The summed E-state index contributed by atoms with van der Waals surface area (Å²) >= 11 is 3.18. The fourth-order valence-electron chi connectivity index (χ4n) is 1.84. The maximum atomic E-state index is 13.0. The van der Waals surface area contributed by atoms with Crippen LogP contribution in [0.15, 0.2) is 40.9 Å². The van der Waals surface area contributed by atoms with E-state index in [1.54, 1.807) is 18.2 Å². The van der Waals surface area contributed by atoms with Crippen LogP contribution in [0, 0.1) is 5.82 Å². The summed E-state index contributed by atoms with van der Waals surface area (Å²) in [6.45, 7) is -0.188. The number of methoxy groups -OCH3 is 2. The van der Waals surface area contributed by atoms with Crippen LogP contribution in [0.25, 0.3) is 0 Å². The van der Waals surface area contributed by atoms with Gasteiger partial charge in [0.2, 0.25) is 5.78 Å². The Bertz CT molecular complexity index is 688. The van der Waals surface area contributed by atoms with Crippen LogP contribution in [-0.4, -0.2) is 26.6 Å². The number of carbonyl (C=O) groups excluding carboxylic acids is 1. The van der Waals surface area contributed by atoms with Crippen molar-refractivity contribution in [3.8, 4) is 17.2 Å². The first kappa shape index (κ1) is 16.3. The Kier molecular flexibility index (Phi) is 5.38. The summed E-state index contributed by atoms with van der Waals surface area (Å²) in [6, 6.07) is 8.90. The zero-order valence-corrected chi connectivity index (χ0v) is 13.6. The molecular weight excluding hydrogens is 355 g/mol. The maximum absolute atomic E-state index is 13.0. The molecule has 2 aromatic rings. The van der Waals surface area contributed by atoms with Crippen LogP contribution in [0.1, 0.15) is 10.4 Å². The average molecular weight is 369 g/mol. The van der Waals surface area contributed by atoms with Crippen molar-refractivity contribution in [2.75, 3.05) is 20.8 Å². The molecule has 0 saturated heterocycles. The normalized spacial score (nSPS) is 10.2. The number of benzene rings is 2. The van der Waals surface area contributed by atoms with E-state index in [1.807, 2.05) is 0 Å². The van der Waals surface area contributed by atoms with Crippen LogP contribution in [0.3, 0.4) is 0 Å². The topological polar surface area (TPSA) is 44.8 Å². The highest BCUT2D eigenvalue weighted by Crippen LogP contribution is 2.27. The molecule has 2 rings (SSSR count). The fourth-order valence-corrected chi connectivity index (χ4v) is 2.31. The molecule has 0 fully saturated rings. The van der Waals surface area contributed by atoms with Gasteiger partial charge in [-0.2, -0.15) is 0 Å². The highest BCUT2D eigenvalue weighted by atomic mass is 79.9. The maximum Gasteiger partial charge on any atom is 0.203 e. The molecule has 6 heteroatoms. The largest absolute Gasteiger partial charge is 0.497 e. The minimum absolute atomic E-state index is 0.188. The lowest BCUT2D eigenvalue weighted by atomic mass is 10.1. The molecule has 0 amide bonds. The molecule has 0 spiro atoms. The van der Waals surface area contributed by atoms with Crippen LogP contribution in [0.5, 0.6) is 17.2 Å². The monoisotopic (exact) mass is 368 g/mol. The van der Waals surface area contributed by atoms with Gasteiger partial charge in [-0.1, -0.05) is 0 Å². The minimum Gasteiger partial charge on any atom is -0.497 e. The zero-order valence-electron chi connectivity index (χ0n) is 12.1. The van der Waals surface area contributed by atoms with Gasteiger partial charge in [0.25, 0.3) is 0 Å². The van der Waals surface area contributed by atoms with Gasteiger partial charge in [0.15, 0.2) is 6.61 Å². The molecular formula is C16H14BrFO4. The summed E-state index contributed by atoms with van der Waals surface area (Å²) in [5.74, 6) is 0.752. The predicted molar refractivity (Wildman–Crippen MR) is 83.5 cm³/mol. The molecule has 0 aliphatic rings. The molecule has 0 atom stereocenters. The Morgan fingerprint density at radius 1 is 1.09 bits per heavy atom. The SMILES string of the molecule is COc1ccc(C(=O)COc2ccc(F)cc2Br)c(OC)c1. The third-order valence-corrected chi connectivity index (χ3v) is 3.58. The van der Waals surface area contributed by atoms with Gasteiger partial charge in [-0.05, 0) is 46.3 Å². The smallest absolute Gasteiger partial charge is 0.203 e. The second-order valence-corrected chi connectivity index (χ2v) is 5.21. The number of ether oxygens (including phenoxy) is 3. The number of rotatable bonds is 6. The average Bonchev–Trinajstić information content (AvgIpc) is 2.53. The van der Waals surface area contributed by atoms with Gasteiger partial charge in [-0.3, -0.25) is 4.79 Å². The molecule has 2 aromatic carbocycles. The third-order valence-electron chi connectivity index (χ3n) is 2.96. The molecule has 0 bridgehead atoms. The second-order valence-electron chi connectivity index (χ2n) is 4.35. The van der Waals surface area contributed by atoms with Crippen LogP contribution in [-0.2, 0) is 0 Å². The van der Waals surface area contributed by atoms with E-state index in [0.29, 0.717) is 27.3 Å². The molecule has 0 unspecified atom stereocenters. The quantitative estimate of drug-likeness (QED) is 0.726. The molecule has 116 valence electrons. The Hall–Kier alpha value is -2.08. The number of halogens is 2. The van der Waals surface area contributed by atoms with Crippen molar-refractivity contribution >= 4 is 21.7 Å². The molecule has 0 aliphatic carbocycles. The van der Waals surface area contributed by atoms with Crippen molar-refractivity contribution in [1.29, 1.82) is 0 Å². The van der Waals surface area contributed by atoms with E-state index in [-0.39, 0.29) is 18.2 Å². The molecule has 0 heterocycles. The molecule has 0 aliphatic heterocycles. The first-order chi connectivity index (χ1) is 10.5. The minimum atomic E-state index is -0.387. The van der Waals surface area contributed by atoms with Gasteiger partial charge in [-0.15, -0.1) is 0 Å². The molecule has 0 radical (unpaired) electrons. The standard InChI is InChI=1S/C16H14BrFO4/c1-20-11-4-5-12(16(8-11)21-2)14(19)9-22-15-6-3-10(18)7-13(15)17/h3-8H,9H2,1-2H3. The summed E-state index contributed by atoms with van der Waals surface area (Å²) < 4.78 is 29.1. The number of hydrogen-bond donors (Lipinski definition) is 0. The van der Waals surface area contributed by atoms with E-state index in [2.05, 4.69) is 15.9 Å². The zero-order chi connectivity index (χ0) is 16.1. The summed E-state index contributed by atoms with van der Waals surface area (Å²) in [5.41, 5.74) is 0.390. The third kappa shape index (κ3) is 3.76. The molecule has 22 heavy (non-hydrogen) atoms. The van der Waals surface area contributed by atoms with Gasteiger partial charge >= 0.3 is 0 Å². The van der Waals surface area contributed by atoms with E-state index >= 15 is 0 Å². The van der Waals surface area contributed by atoms with Crippen LogP contribution in [0.4, 0.5) is 4.39 Å². The number of Topliss-reactive ketones (excluding diaryl/α,β-unsaturated/α-hetero) is 1. The fraction of sp³-hybridized carbons (Fsp3) is 0.188. The highest BCUT2D eigenvalue weighted by molar-refractivity contribution is 9.10. The Morgan fingerprint density at radius 2 is 1.86 bits per heavy atom. The lowest BCUT2D eigenvalue weighted by molar-refractivity contribution is 0.0918. The van der Waals surface area contributed by atoms with Crippen LogP contribution in [0.2, 0.25) is 0 Å². The van der Waals surface area contributed by atoms with Gasteiger partial charge < -0.3 is 14.2 Å². The molecule has 0 aromatic heterocycles. The number of hydrogen-bond acceptors (Lipinski definition) is 4.